The molecule has 0 spiro atoms. The lowest BCUT2D eigenvalue weighted by Crippen LogP contribution is -2.16. The van der Waals surface area contributed by atoms with E-state index in [0.29, 0.717) is 22.0 Å². The molecule has 5 rings (SSSR count). The number of benzene rings is 2. The zero-order valence-electron chi connectivity index (χ0n) is 19.5. The molecule has 0 unspecified atom stereocenters. The van der Waals surface area contributed by atoms with E-state index in [1.807, 2.05) is 55.5 Å². The van der Waals surface area contributed by atoms with Crippen LogP contribution < -0.4 is 5.32 Å². The van der Waals surface area contributed by atoms with Gasteiger partial charge in [-0.05, 0) is 55.9 Å². The van der Waals surface area contributed by atoms with Crippen LogP contribution in [0.25, 0.3) is 22.2 Å². The number of aryl methyl sites for hydroxylation is 1. The first-order valence-electron chi connectivity index (χ1n) is 11.5. The Bertz CT molecular complexity index is 1420. The summed E-state index contributed by atoms with van der Waals surface area (Å²) in [4.78, 5) is 32.3. The molecule has 1 aliphatic carbocycles. The summed E-state index contributed by atoms with van der Waals surface area (Å²) in [6, 6.07) is 17.5. The number of thiophene rings is 1. The number of amides is 1. The summed E-state index contributed by atoms with van der Waals surface area (Å²) in [5.41, 5.74) is 5.61. The molecule has 1 aliphatic rings. The molecule has 1 amide bonds. The Labute approximate surface area is 202 Å². The minimum absolute atomic E-state index is 0.260. The Morgan fingerprint density at radius 3 is 2.74 bits per heavy atom. The van der Waals surface area contributed by atoms with Crippen LogP contribution in [0.3, 0.4) is 0 Å². The van der Waals surface area contributed by atoms with Gasteiger partial charge in [-0.2, -0.15) is 0 Å². The molecule has 4 aromatic rings. The second kappa shape index (κ2) is 9.03. The third-order valence-electron chi connectivity index (χ3n) is 6.40. The van der Waals surface area contributed by atoms with E-state index in [0.717, 1.165) is 57.4 Å². The molecular weight excluding hydrogens is 444 g/mol. The second-order valence-electron chi connectivity index (χ2n) is 8.94. The van der Waals surface area contributed by atoms with Crippen molar-refractivity contribution >= 4 is 39.1 Å². The molecule has 0 bridgehead atoms. The summed E-state index contributed by atoms with van der Waals surface area (Å²) in [6.07, 6.45) is 2.76. The number of rotatable bonds is 4. The molecule has 0 fully saturated rings. The summed E-state index contributed by atoms with van der Waals surface area (Å²) < 4.78 is 5.08. The van der Waals surface area contributed by atoms with Gasteiger partial charge in [0.15, 0.2) is 0 Å². The summed E-state index contributed by atoms with van der Waals surface area (Å²) in [6.45, 7) is 4.25. The smallest absolute Gasteiger partial charge is 0.341 e. The monoisotopic (exact) mass is 470 g/mol. The number of esters is 1. The lowest BCUT2D eigenvalue weighted by atomic mass is 9.88. The molecule has 0 saturated heterocycles. The first kappa shape index (κ1) is 22.3. The summed E-state index contributed by atoms with van der Waals surface area (Å²) >= 11 is 1.49. The first-order valence-corrected chi connectivity index (χ1v) is 12.3. The maximum atomic E-state index is 13.6. The largest absolute Gasteiger partial charge is 0.465 e. The topological polar surface area (TPSA) is 68.3 Å². The number of nitrogens with zero attached hydrogens (tertiary/aromatic N) is 1. The van der Waals surface area contributed by atoms with Crippen molar-refractivity contribution in [2.24, 2.45) is 5.92 Å². The quantitative estimate of drug-likeness (QED) is 0.349. The summed E-state index contributed by atoms with van der Waals surface area (Å²) in [5.74, 6) is -0.104. The predicted molar refractivity (Wildman–Crippen MR) is 137 cm³/mol. The fourth-order valence-electron chi connectivity index (χ4n) is 4.64. The Morgan fingerprint density at radius 2 is 1.94 bits per heavy atom. The Kier molecular flexibility index (Phi) is 5.92. The SMILES string of the molecule is COC(=O)c1c(NC(=O)c2cc(-c3cccc(C)c3)nc3ccccc23)sc2c1CC[C@H](C)C2. The van der Waals surface area contributed by atoms with E-state index in [2.05, 4.69) is 18.3 Å². The molecule has 0 radical (unpaired) electrons. The van der Waals surface area contributed by atoms with Crippen molar-refractivity contribution in [2.75, 3.05) is 12.4 Å². The van der Waals surface area contributed by atoms with Gasteiger partial charge in [0.25, 0.3) is 5.91 Å². The number of pyridine rings is 1. The van der Waals surface area contributed by atoms with Crippen molar-refractivity contribution in [1.29, 1.82) is 0 Å². The van der Waals surface area contributed by atoms with Crippen molar-refractivity contribution in [3.63, 3.8) is 0 Å². The van der Waals surface area contributed by atoms with Gasteiger partial charge in [-0.1, -0.05) is 48.9 Å². The number of anilines is 1. The normalized spacial score (nSPS) is 15.1. The van der Waals surface area contributed by atoms with Gasteiger partial charge in [0, 0.05) is 15.8 Å². The molecular formula is C28H26N2O3S. The van der Waals surface area contributed by atoms with Gasteiger partial charge in [0.2, 0.25) is 0 Å². The van der Waals surface area contributed by atoms with Crippen molar-refractivity contribution in [3.8, 4) is 11.3 Å². The summed E-state index contributed by atoms with van der Waals surface area (Å²) in [7, 11) is 1.38. The number of ether oxygens (including phenoxy) is 1. The molecule has 2 aromatic carbocycles. The zero-order chi connectivity index (χ0) is 23.8. The maximum absolute atomic E-state index is 13.6. The van der Waals surface area contributed by atoms with Crippen molar-refractivity contribution in [3.05, 3.63) is 81.7 Å². The molecule has 172 valence electrons. The Balaban J connectivity index is 1.59. The third kappa shape index (κ3) is 4.10. The molecule has 2 aromatic heterocycles. The third-order valence-corrected chi connectivity index (χ3v) is 7.57. The number of nitrogens with one attached hydrogen (secondary N) is 1. The lowest BCUT2D eigenvalue weighted by molar-refractivity contribution is 0.0601. The van der Waals surface area contributed by atoms with Crippen LogP contribution in [0.4, 0.5) is 5.00 Å². The minimum atomic E-state index is -0.401. The van der Waals surface area contributed by atoms with Gasteiger partial charge in [0.05, 0.1) is 29.4 Å². The van der Waals surface area contributed by atoms with Crippen LogP contribution >= 0.6 is 11.3 Å². The van der Waals surface area contributed by atoms with Crippen LogP contribution in [0, 0.1) is 12.8 Å². The molecule has 2 heterocycles. The van der Waals surface area contributed by atoms with Gasteiger partial charge < -0.3 is 10.1 Å². The van der Waals surface area contributed by atoms with Gasteiger partial charge in [-0.25, -0.2) is 9.78 Å². The van der Waals surface area contributed by atoms with E-state index >= 15 is 0 Å². The molecule has 6 heteroatoms. The number of carbonyl (C=O) groups is 2. The number of hydrogen-bond acceptors (Lipinski definition) is 5. The van der Waals surface area contributed by atoms with E-state index < -0.39 is 5.97 Å². The molecule has 5 nitrogen and oxygen atoms in total. The van der Waals surface area contributed by atoms with E-state index in [4.69, 9.17) is 9.72 Å². The highest BCUT2D eigenvalue weighted by Crippen LogP contribution is 2.40. The number of hydrogen-bond donors (Lipinski definition) is 1. The van der Waals surface area contributed by atoms with Crippen LogP contribution in [-0.4, -0.2) is 24.0 Å². The average Bonchev–Trinajstić information content (AvgIpc) is 3.19. The van der Waals surface area contributed by atoms with E-state index in [-0.39, 0.29) is 5.91 Å². The molecule has 1 atom stereocenters. The maximum Gasteiger partial charge on any atom is 0.341 e. The average molecular weight is 471 g/mol. The number of aromatic nitrogens is 1. The van der Waals surface area contributed by atoms with Crippen LogP contribution in [0.1, 0.15) is 50.1 Å². The fourth-order valence-corrected chi connectivity index (χ4v) is 6.04. The number of fused-ring (bicyclic) bond motifs is 2. The van der Waals surface area contributed by atoms with E-state index in [1.165, 1.54) is 18.4 Å². The van der Waals surface area contributed by atoms with Gasteiger partial charge in [-0.3, -0.25) is 4.79 Å². The van der Waals surface area contributed by atoms with E-state index in [9.17, 15) is 9.59 Å². The van der Waals surface area contributed by atoms with Crippen molar-refractivity contribution in [2.45, 2.75) is 33.1 Å². The van der Waals surface area contributed by atoms with Gasteiger partial charge in [-0.15, -0.1) is 11.3 Å². The summed E-state index contributed by atoms with van der Waals surface area (Å²) in [5, 5.41) is 4.38. The van der Waals surface area contributed by atoms with Crippen LogP contribution in [0.5, 0.6) is 0 Å². The molecule has 34 heavy (non-hydrogen) atoms. The number of carbonyl (C=O) groups excluding carboxylic acids is 2. The standard InChI is InChI=1S/C28H26N2O3S/c1-16-7-6-8-18(13-16)23-15-21(19-9-4-5-10-22(19)29-23)26(31)30-27-25(28(32)33-3)20-12-11-17(2)14-24(20)34-27/h4-10,13,15,17H,11-12,14H2,1-3H3,(H,30,31)/t17-/m0/s1. The number of para-hydroxylation sites is 1. The Hall–Kier alpha value is -3.51. The molecule has 0 aliphatic heterocycles. The Morgan fingerprint density at radius 1 is 1.12 bits per heavy atom. The predicted octanol–water partition coefficient (Wildman–Crippen LogP) is 6.44. The van der Waals surface area contributed by atoms with Gasteiger partial charge in [0.1, 0.15) is 5.00 Å². The number of methoxy groups -OCH3 is 1. The first-order chi connectivity index (χ1) is 16.4. The highest BCUT2D eigenvalue weighted by atomic mass is 32.1. The second-order valence-corrected chi connectivity index (χ2v) is 10.0. The molecule has 0 saturated carbocycles. The highest BCUT2D eigenvalue weighted by Gasteiger charge is 2.29. The van der Waals surface area contributed by atoms with Crippen molar-refractivity contribution in [1.82, 2.24) is 4.98 Å². The zero-order valence-corrected chi connectivity index (χ0v) is 20.3. The van der Waals surface area contributed by atoms with E-state index in [1.54, 1.807) is 0 Å². The van der Waals surface area contributed by atoms with Crippen LogP contribution in [0.2, 0.25) is 0 Å². The highest BCUT2D eigenvalue weighted by molar-refractivity contribution is 7.17. The lowest BCUT2D eigenvalue weighted by Gasteiger charge is -2.18. The fraction of sp³-hybridized carbons (Fsp3) is 0.250. The van der Waals surface area contributed by atoms with Crippen LogP contribution in [-0.2, 0) is 17.6 Å². The minimum Gasteiger partial charge on any atom is -0.465 e. The van der Waals surface area contributed by atoms with Gasteiger partial charge >= 0.3 is 5.97 Å². The van der Waals surface area contributed by atoms with Crippen molar-refractivity contribution < 1.29 is 14.3 Å². The molecule has 1 N–H and O–H groups in total. The van der Waals surface area contributed by atoms with Crippen LogP contribution in [0.15, 0.2) is 54.6 Å².